The van der Waals surface area contributed by atoms with E-state index in [9.17, 15) is 9.59 Å². The third-order valence-corrected chi connectivity index (χ3v) is 5.84. The van der Waals surface area contributed by atoms with E-state index >= 15 is 0 Å². The van der Waals surface area contributed by atoms with Crippen molar-refractivity contribution < 1.29 is 14.3 Å². The second kappa shape index (κ2) is 9.15. The number of amides is 2. The third-order valence-electron chi connectivity index (χ3n) is 5.58. The molecule has 2 aromatic rings. The fourth-order valence-corrected chi connectivity index (χ4v) is 4.25. The summed E-state index contributed by atoms with van der Waals surface area (Å²) in [5.41, 5.74) is 2.62. The van der Waals surface area contributed by atoms with Crippen LogP contribution in [0.3, 0.4) is 0 Å². The maximum Gasteiger partial charge on any atom is 0.278 e. The van der Waals surface area contributed by atoms with E-state index in [0.29, 0.717) is 16.3 Å². The number of hydrogen-bond acceptors (Lipinski definition) is 4. The first-order valence-electron chi connectivity index (χ1n) is 10.8. The van der Waals surface area contributed by atoms with Crippen molar-refractivity contribution >= 4 is 29.0 Å². The highest BCUT2D eigenvalue weighted by molar-refractivity contribution is 6.35. The molecule has 0 aliphatic carbocycles. The Morgan fingerprint density at radius 2 is 1.55 bits per heavy atom. The van der Waals surface area contributed by atoms with Gasteiger partial charge in [0.1, 0.15) is 11.4 Å². The Balaban J connectivity index is 1.68. The minimum absolute atomic E-state index is 0.0681. The summed E-state index contributed by atoms with van der Waals surface area (Å²) in [7, 11) is 0. The first-order chi connectivity index (χ1) is 14.9. The number of benzene rings is 2. The topological polar surface area (TPSA) is 49.9 Å². The van der Waals surface area contributed by atoms with Crippen LogP contribution in [0.5, 0.6) is 5.75 Å². The Morgan fingerprint density at radius 1 is 0.903 bits per heavy atom. The zero-order valence-corrected chi connectivity index (χ0v) is 18.7. The van der Waals surface area contributed by atoms with Gasteiger partial charge in [-0.1, -0.05) is 35.9 Å². The second-order valence-corrected chi connectivity index (χ2v) is 8.72. The molecule has 2 amide bonds. The molecule has 1 saturated heterocycles. The Morgan fingerprint density at radius 3 is 2.16 bits per heavy atom. The van der Waals surface area contributed by atoms with Crippen LogP contribution in [0.15, 0.2) is 54.2 Å². The van der Waals surface area contributed by atoms with E-state index in [0.717, 1.165) is 49.2 Å². The average Bonchev–Trinajstić information content (AvgIpc) is 3.01. The molecule has 2 aliphatic rings. The first-order valence-corrected chi connectivity index (χ1v) is 11.2. The molecular formula is C25H27ClN2O3. The van der Waals surface area contributed by atoms with Crippen LogP contribution in [0.4, 0.5) is 0 Å². The van der Waals surface area contributed by atoms with Crippen LogP contribution >= 0.6 is 11.6 Å². The lowest BCUT2D eigenvalue weighted by Gasteiger charge is -2.29. The minimum atomic E-state index is -0.252. The van der Waals surface area contributed by atoms with Crippen molar-refractivity contribution in [2.24, 2.45) is 0 Å². The number of piperidine rings is 1. The highest BCUT2D eigenvalue weighted by Gasteiger charge is 2.41. The summed E-state index contributed by atoms with van der Waals surface area (Å²) in [5.74, 6) is 0.270. The summed E-state index contributed by atoms with van der Waals surface area (Å²) in [6.45, 7) is 5.75. The Kier molecular flexibility index (Phi) is 6.33. The van der Waals surface area contributed by atoms with Crippen molar-refractivity contribution in [3.8, 4) is 5.75 Å². The molecule has 5 nitrogen and oxygen atoms in total. The molecule has 6 heteroatoms. The number of carbonyl (C=O) groups is 2. The molecule has 0 radical (unpaired) electrons. The van der Waals surface area contributed by atoms with Gasteiger partial charge in [-0.25, -0.2) is 0 Å². The van der Waals surface area contributed by atoms with Crippen LogP contribution in [0.2, 0.25) is 5.02 Å². The Bertz CT molecular complexity index is 990. The van der Waals surface area contributed by atoms with Gasteiger partial charge < -0.3 is 9.64 Å². The van der Waals surface area contributed by atoms with Crippen LogP contribution in [0, 0.1) is 0 Å². The largest absolute Gasteiger partial charge is 0.491 e. The minimum Gasteiger partial charge on any atom is -0.491 e. The molecule has 4 rings (SSSR count). The van der Waals surface area contributed by atoms with E-state index in [2.05, 4.69) is 4.90 Å². The van der Waals surface area contributed by atoms with Crippen LogP contribution in [0.25, 0.3) is 5.57 Å². The highest BCUT2D eigenvalue weighted by Crippen LogP contribution is 2.34. The quantitative estimate of drug-likeness (QED) is 0.602. The molecule has 2 aliphatic heterocycles. The predicted molar refractivity (Wildman–Crippen MR) is 122 cm³/mol. The van der Waals surface area contributed by atoms with Crippen LogP contribution < -0.4 is 4.74 Å². The summed E-state index contributed by atoms with van der Waals surface area (Å²) in [4.78, 5) is 30.3. The smallest absolute Gasteiger partial charge is 0.278 e. The van der Waals surface area contributed by atoms with Gasteiger partial charge in [0, 0.05) is 18.1 Å². The lowest BCUT2D eigenvalue weighted by Crippen LogP contribution is -2.36. The molecule has 2 heterocycles. The number of hydrogen-bond donors (Lipinski definition) is 0. The first kappa shape index (κ1) is 21.4. The van der Waals surface area contributed by atoms with Gasteiger partial charge in [-0.15, -0.1) is 0 Å². The zero-order chi connectivity index (χ0) is 22.0. The maximum atomic E-state index is 13.5. The monoisotopic (exact) mass is 438 g/mol. The fourth-order valence-electron chi connectivity index (χ4n) is 4.12. The Labute approximate surface area is 188 Å². The molecular weight excluding hydrogens is 412 g/mol. The van der Waals surface area contributed by atoms with Gasteiger partial charge in [0.2, 0.25) is 0 Å². The molecule has 0 bridgehead atoms. The van der Waals surface area contributed by atoms with Crippen molar-refractivity contribution in [1.82, 2.24) is 9.80 Å². The van der Waals surface area contributed by atoms with Crippen LogP contribution in [0.1, 0.15) is 44.2 Å². The molecule has 1 fully saturated rings. The molecule has 0 spiro atoms. The van der Waals surface area contributed by atoms with Gasteiger partial charge >= 0.3 is 0 Å². The molecule has 0 N–H and O–H groups in total. The normalized spacial score (nSPS) is 17.2. The molecule has 0 aromatic heterocycles. The zero-order valence-electron chi connectivity index (χ0n) is 17.9. The number of carbonyl (C=O) groups excluding carboxylic acids is 2. The van der Waals surface area contributed by atoms with Gasteiger partial charge in [0.05, 0.1) is 18.2 Å². The number of halogens is 1. The van der Waals surface area contributed by atoms with Crippen molar-refractivity contribution in [2.45, 2.75) is 45.8 Å². The van der Waals surface area contributed by atoms with Gasteiger partial charge in [-0.05, 0) is 68.5 Å². The van der Waals surface area contributed by atoms with Crippen molar-refractivity contribution in [2.75, 3.05) is 13.1 Å². The summed E-state index contributed by atoms with van der Waals surface area (Å²) >= 11 is 5.99. The number of rotatable bonds is 6. The molecule has 0 unspecified atom stereocenters. The van der Waals surface area contributed by atoms with Gasteiger partial charge in [-0.2, -0.15) is 0 Å². The highest BCUT2D eigenvalue weighted by atomic mass is 35.5. The lowest BCUT2D eigenvalue weighted by molar-refractivity contribution is -0.138. The fraction of sp³-hybridized carbons (Fsp3) is 0.360. The molecule has 31 heavy (non-hydrogen) atoms. The SMILES string of the molecule is CC(C)Oc1ccc(C2=C(N3CCCCC3)C(=O)N(Cc3ccc(Cl)cc3)C2=O)cc1. The van der Waals surface area contributed by atoms with Crippen molar-refractivity contribution in [1.29, 1.82) is 0 Å². The average molecular weight is 439 g/mol. The number of nitrogens with zero attached hydrogens (tertiary/aromatic N) is 2. The van der Waals surface area contributed by atoms with Gasteiger partial charge in [0.15, 0.2) is 0 Å². The molecule has 0 saturated carbocycles. The third kappa shape index (κ3) is 4.62. The predicted octanol–water partition coefficient (Wildman–Crippen LogP) is 4.89. The van der Waals surface area contributed by atoms with Crippen molar-refractivity contribution in [3.63, 3.8) is 0 Å². The second-order valence-electron chi connectivity index (χ2n) is 8.29. The Hall–Kier alpha value is -2.79. The van der Waals surface area contributed by atoms with E-state index in [1.165, 1.54) is 4.90 Å². The van der Waals surface area contributed by atoms with E-state index in [1.54, 1.807) is 12.1 Å². The van der Waals surface area contributed by atoms with Gasteiger partial charge in [-0.3, -0.25) is 14.5 Å². The van der Waals surface area contributed by atoms with E-state index in [4.69, 9.17) is 16.3 Å². The number of ether oxygens (including phenoxy) is 1. The molecule has 162 valence electrons. The maximum absolute atomic E-state index is 13.5. The summed E-state index contributed by atoms with van der Waals surface area (Å²) in [5, 5.41) is 0.624. The van der Waals surface area contributed by atoms with E-state index in [-0.39, 0.29) is 24.5 Å². The summed E-state index contributed by atoms with van der Waals surface area (Å²) in [6, 6.07) is 14.7. The molecule has 0 atom stereocenters. The summed E-state index contributed by atoms with van der Waals surface area (Å²) < 4.78 is 5.73. The number of imide groups is 1. The standard InChI is InChI=1S/C25H27ClN2O3/c1-17(2)31-21-12-8-19(9-13-21)22-23(27-14-4-3-5-15-27)25(30)28(24(22)29)16-18-6-10-20(26)11-7-18/h6-13,17H,3-5,14-16H2,1-2H3. The van der Waals surface area contributed by atoms with E-state index in [1.807, 2.05) is 50.2 Å². The number of likely N-dealkylation sites (tertiary alicyclic amines) is 1. The van der Waals surface area contributed by atoms with E-state index < -0.39 is 0 Å². The van der Waals surface area contributed by atoms with Crippen molar-refractivity contribution in [3.05, 3.63) is 70.4 Å². The molecule has 2 aromatic carbocycles. The lowest BCUT2D eigenvalue weighted by atomic mass is 10.0. The van der Waals surface area contributed by atoms with Crippen LogP contribution in [-0.2, 0) is 16.1 Å². The van der Waals surface area contributed by atoms with Crippen LogP contribution in [-0.4, -0.2) is 40.8 Å². The van der Waals surface area contributed by atoms with Gasteiger partial charge in [0.25, 0.3) is 11.8 Å². The summed E-state index contributed by atoms with van der Waals surface area (Å²) in [6.07, 6.45) is 3.27.